The molecule has 1 aliphatic rings. The van der Waals surface area contributed by atoms with E-state index in [1.807, 2.05) is 0 Å². The third-order valence-electron chi connectivity index (χ3n) is 2.89. The van der Waals surface area contributed by atoms with Crippen molar-refractivity contribution in [1.29, 1.82) is 0 Å². The number of cyclic esters (lactones) is 1. The van der Waals surface area contributed by atoms with Crippen LogP contribution in [0.2, 0.25) is 0 Å². The number of nitrogens with zero attached hydrogens (tertiary/aromatic N) is 1. The molecule has 0 aromatic rings. The Morgan fingerprint density at radius 1 is 1.15 bits per heavy atom. The Kier molecular flexibility index (Phi) is 8.55. The zero-order valence-corrected chi connectivity index (χ0v) is 17.1. The Hall–Kier alpha value is -2.52. The fourth-order valence-corrected chi connectivity index (χ4v) is 1.57. The molecule has 0 aromatic heterocycles. The highest BCUT2D eigenvalue weighted by Crippen LogP contribution is 2.16. The van der Waals surface area contributed by atoms with Gasteiger partial charge in [-0.1, -0.05) is 0 Å². The van der Waals surface area contributed by atoms with E-state index >= 15 is 0 Å². The molecular weight excluding hydrogens is 360 g/mol. The zero-order chi connectivity index (χ0) is 21.6. The van der Waals surface area contributed by atoms with Gasteiger partial charge in [-0.05, 0) is 55.4 Å². The van der Waals surface area contributed by atoms with Gasteiger partial charge in [0.05, 0.1) is 0 Å². The van der Waals surface area contributed by atoms with Gasteiger partial charge in [-0.15, -0.1) is 0 Å². The molecule has 2 N–H and O–H groups in total. The summed E-state index contributed by atoms with van der Waals surface area (Å²) in [6.07, 6.45) is -1.24. The number of hydrogen-bond donors (Lipinski definition) is 2. The molecule has 0 aromatic carbocycles. The average Bonchev–Trinajstić information content (AvgIpc) is 2.75. The van der Waals surface area contributed by atoms with Crippen molar-refractivity contribution < 1.29 is 38.5 Å². The highest BCUT2D eigenvalue weighted by Gasteiger charge is 2.36. The number of esters is 1. The number of carboxylic acid groups (broad SMARTS) is 1. The van der Waals surface area contributed by atoms with Gasteiger partial charge < -0.3 is 24.6 Å². The summed E-state index contributed by atoms with van der Waals surface area (Å²) >= 11 is 0. The van der Waals surface area contributed by atoms with Crippen LogP contribution in [0, 0.1) is 0 Å². The molecule has 156 valence electrons. The van der Waals surface area contributed by atoms with Crippen molar-refractivity contribution in [2.45, 2.75) is 78.7 Å². The molecule has 2 atom stereocenters. The van der Waals surface area contributed by atoms with Crippen LogP contribution in [0.4, 0.5) is 9.59 Å². The second-order valence-electron chi connectivity index (χ2n) is 7.92. The molecule has 0 spiro atoms. The topological polar surface area (TPSA) is 131 Å². The van der Waals surface area contributed by atoms with E-state index in [4.69, 9.17) is 19.3 Å². The number of rotatable bonds is 2. The molecular formula is C17H30N2O8. The standard InChI is InChI=1S/C9H15NO4.C8H15NO4/c1-6-7(11)13-5-10(6)8(12)14-9(2,3)4;1-5(6(10)11)9-7(12)13-8(2,3)4/h6H,5H2,1-4H3;5H,1-4H3,(H,9,12)(H,10,11)/t6-;5-/m00/s1. The van der Waals surface area contributed by atoms with Crippen molar-refractivity contribution in [3.63, 3.8) is 0 Å². The first-order valence-corrected chi connectivity index (χ1v) is 8.42. The quantitative estimate of drug-likeness (QED) is 0.541. The molecule has 10 nitrogen and oxygen atoms in total. The van der Waals surface area contributed by atoms with Crippen molar-refractivity contribution in [3.05, 3.63) is 0 Å². The second kappa shape index (κ2) is 9.43. The molecule has 1 aliphatic heterocycles. The van der Waals surface area contributed by atoms with E-state index < -0.39 is 47.4 Å². The maximum atomic E-state index is 11.5. The van der Waals surface area contributed by atoms with Crippen LogP contribution < -0.4 is 5.32 Å². The molecule has 1 rings (SSSR count). The first-order valence-electron chi connectivity index (χ1n) is 8.42. The zero-order valence-electron chi connectivity index (χ0n) is 17.1. The van der Waals surface area contributed by atoms with Crippen molar-refractivity contribution in [2.75, 3.05) is 6.73 Å². The van der Waals surface area contributed by atoms with Gasteiger partial charge in [-0.2, -0.15) is 0 Å². The van der Waals surface area contributed by atoms with Crippen LogP contribution in [0.25, 0.3) is 0 Å². The molecule has 0 bridgehead atoms. The SMILES string of the molecule is C[C@H](NC(=O)OC(C)(C)C)C(=O)O.C[C@H]1C(=O)OCN1C(=O)OC(C)(C)C. The van der Waals surface area contributed by atoms with E-state index in [9.17, 15) is 19.2 Å². The lowest BCUT2D eigenvalue weighted by molar-refractivity contribution is -0.139. The number of carboxylic acids is 1. The molecule has 0 aliphatic carbocycles. The fraction of sp³-hybridized carbons (Fsp3) is 0.765. The Morgan fingerprint density at radius 2 is 1.63 bits per heavy atom. The summed E-state index contributed by atoms with van der Waals surface area (Å²) in [4.78, 5) is 45.0. The van der Waals surface area contributed by atoms with Crippen LogP contribution in [0.15, 0.2) is 0 Å². The summed E-state index contributed by atoms with van der Waals surface area (Å²) in [7, 11) is 0. The van der Waals surface area contributed by atoms with Gasteiger partial charge in [-0.25, -0.2) is 14.4 Å². The molecule has 1 saturated heterocycles. The number of amides is 2. The lowest BCUT2D eigenvalue weighted by atomic mass is 10.2. The van der Waals surface area contributed by atoms with Gasteiger partial charge in [0.1, 0.15) is 23.3 Å². The summed E-state index contributed by atoms with van der Waals surface area (Å²) < 4.78 is 14.6. The maximum Gasteiger partial charge on any atom is 0.413 e. The lowest BCUT2D eigenvalue weighted by Gasteiger charge is -2.24. The van der Waals surface area contributed by atoms with Crippen LogP contribution in [0.3, 0.4) is 0 Å². The van der Waals surface area contributed by atoms with Gasteiger partial charge in [0.15, 0.2) is 6.73 Å². The fourth-order valence-electron chi connectivity index (χ4n) is 1.57. The van der Waals surface area contributed by atoms with Crippen molar-refractivity contribution >= 4 is 24.1 Å². The minimum Gasteiger partial charge on any atom is -0.480 e. The highest BCUT2D eigenvalue weighted by molar-refractivity contribution is 5.83. The number of ether oxygens (including phenoxy) is 3. The van der Waals surface area contributed by atoms with E-state index in [0.29, 0.717) is 0 Å². The third-order valence-corrected chi connectivity index (χ3v) is 2.89. The van der Waals surface area contributed by atoms with Crippen molar-refractivity contribution in [3.8, 4) is 0 Å². The van der Waals surface area contributed by atoms with E-state index in [2.05, 4.69) is 5.32 Å². The summed E-state index contributed by atoms with van der Waals surface area (Å²) in [6, 6.07) is -1.49. The predicted octanol–water partition coefficient (Wildman–Crippen LogP) is 2.11. The lowest BCUT2D eigenvalue weighted by Crippen LogP contribution is -2.41. The number of alkyl carbamates (subject to hydrolysis) is 1. The molecule has 0 unspecified atom stereocenters. The Bertz CT molecular complexity index is 562. The molecule has 1 heterocycles. The molecule has 27 heavy (non-hydrogen) atoms. The number of aliphatic carboxylic acids is 1. The van der Waals surface area contributed by atoms with Crippen LogP contribution in [-0.4, -0.2) is 64.1 Å². The monoisotopic (exact) mass is 390 g/mol. The van der Waals surface area contributed by atoms with Crippen LogP contribution in [0.5, 0.6) is 0 Å². The number of hydrogen-bond acceptors (Lipinski definition) is 7. The largest absolute Gasteiger partial charge is 0.480 e. The summed E-state index contributed by atoms with van der Waals surface area (Å²) in [6.45, 7) is 13.4. The Labute approximate surface area is 159 Å². The molecule has 0 radical (unpaired) electrons. The van der Waals surface area contributed by atoms with Gasteiger partial charge >= 0.3 is 24.1 Å². The minimum absolute atomic E-state index is 0.0189. The van der Waals surface area contributed by atoms with Crippen molar-refractivity contribution in [1.82, 2.24) is 10.2 Å². The smallest absolute Gasteiger partial charge is 0.413 e. The number of nitrogens with one attached hydrogen (secondary N) is 1. The van der Waals surface area contributed by atoms with Crippen LogP contribution >= 0.6 is 0 Å². The highest BCUT2D eigenvalue weighted by atomic mass is 16.6. The molecule has 2 amide bonds. The first-order chi connectivity index (χ1) is 12.0. The molecule has 0 saturated carbocycles. The summed E-state index contributed by atoms with van der Waals surface area (Å²) in [5.74, 6) is -1.48. The van der Waals surface area contributed by atoms with Gasteiger partial charge in [0.2, 0.25) is 0 Å². The summed E-state index contributed by atoms with van der Waals surface area (Å²) in [5.41, 5.74) is -1.16. The third kappa shape index (κ3) is 10.3. The normalized spacial score (nSPS) is 17.9. The van der Waals surface area contributed by atoms with Gasteiger partial charge in [0, 0.05) is 0 Å². The second-order valence-corrected chi connectivity index (χ2v) is 7.92. The van der Waals surface area contributed by atoms with Crippen molar-refractivity contribution in [2.24, 2.45) is 0 Å². The Balaban J connectivity index is 0.000000503. The minimum atomic E-state index is -1.09. The first kappa shape index (κ1) is 24.5. The number of carbonyl (C=O) groups is 4. The van der Waals surface area contributed by atoms with E-state index in [1.165, 1.54) is 11.8 Å². The van der Waals surface area contributed by atoms with E-state index in [-0.39, 0.29) is 6.73 Å². The van der Waals surface area contributed by atoms with E-state index in [0.717, 1.165) is 0 Å². The molecule has 10 heteroatoms. The average molecular weight is 390 g/mol. The molecule has 1 fully saturated rings. The van der Waals surface area contributed by atoms with Gasteiger partial charge in [-0.3, -0.25) is 9.69 Å². The van der Waals surface area contributed by atoms with E-state index in [1.54, 1.807) is 48.5 Å². The van der Waals surface area contributed by atoms with Crippen LogP contribution in [-0.2, 0) is 23.8 Å². The Morgan fingerprint density at radius 3 is 1.96 bits per heavy atom. The maximum absolute atomic E-state index is 11.5. The number of carbonyl (C=O) groups excluding carboxylic acids is 3. The van der Waals surface area contributed by atoms with Gasteiger partial charge in [0.25, 0.3) is 0 Å². The van der Waals surface area contributed by atoms with Crippen LogP contribution in [0.1, 0.15) is 55.4 Å². The predicted molar refractivity (Wildman–Crippen MR) is 95.0 cm³/mol. The summed E-state index contributed by atoms with van der Waals surface area (Å²) in [5, 5.41) is 10.6.